The van der Waals surface area contributed by atoms with Crippen molar-refractivity contribution in [1.82, 2.24) is 9.55 Å². The molecule has 0 aliphatic heterocycles. The Bertz CT molecular complexity index is 943. The van der Waals surface area contributed by atoms with Gasteiger partial charge in [0.05, 0.1) is 17.2 Å². The van der Waals surface area contributed by atoms with Crippen molar-refractivity contribution in [2.24, 2.45) is 0 Å². The minimum absolute atomic E-state index is 0.0714. The molecule has 3 aromatic rings. The monoisotopic (exact) mass is 322 g/mol. The van der Waals surface area contributed by atoms with E-state index < -0.39 is 0 Å². The average molecular weight is 322 g/mol. The summed E-state index contributed by atoms with van der Waals surface area (Å²) in [7, 11) is 0. The zero-order valence-corrected chi connectivity index (χ0v) is 14.2. The molecule has 0 aliphatic carbocycles. The predicted molar refractivity (Wildman–Crippen MR) is 97.7 cm³/mol. The van der Waals surface area contributed by atoms with E-state index in [1.165, 1.54) is 6.42 Å². The molecule has 0 fully saturated rings. The molecule has 4 nitrogen and oxygen atoms in total. The van der Waals surface area contributed by atoms with Gasteiger partial charge in [0.15, 0.2) is 6.29 Å². The van der Waals surface area contributed by atoms with E-state index in [0.717, 1.165) is 36.3 Å². The number of carbonyl (C=O) groups excluding carboxylic acids is 1. The van der Waals surface area contributed by atoms with Crippen molar-refractivity contribution in [2.75, 3.05) is 0 Å². The van der Waals surface area contributed by atoms with Crippen molar-refractivity contribution in [3.8, 4) is 0 Å². The highest BCUT2D eigenvalue weighted by atomic mass is 16.1. The van der Waals surface area contributed by atoms with Crippen LogP contribution < -0.4 is 5.56 Å². The summed E-state index contributed by atoms with van der Waals surface area (Å²) in [5.41, 5.74) is 1.13. The number of aromatic nitrogens is 2. The summed E-state index contributed by atoms with van der Waals surface area (Å²) in [6.07, 6.45) is 6.83. The molecule has 0 bridgehead atoms. The summed E-state index contributed by atoms with van der Waals surface area (Å²) in [6, 6.07) is 9.36. The smallest absolute Gasteiger partial charge is 0.261 e. The Balaban J connectivity index is 2.17. The lowest BCUT2D eigenvalue weighted by molar-refractivity contribution is 0.112. The van der Waals surface area contributed by atoms with Crippen LogP contribution in [0.4, 0.5) is 0 Å². The van der Waals surface area contributed by atoms with E-state index in [-0.39, 0.29) is 11.6 Å². The van der Waals surface area contributed by atoms with E-state index in [0.29, 0.717) is 16.5 Å². The van der Waals surface area contributed by atoms with Crippen LogP contribution in [0, 0.1) is 0 Å². The first kappa shape index (κ1) is 16.4. The van der Waals surface area contributed by atoms with Crippen LogP contribution in [0.3, 0.4) is 0 Å². The third-order valence-electron chi connectivity index (χ3n) is 4.65. The minimum atomic E-state index is -0.0714. The Hall–Kier alpha value is -2.49. The fourth-order valence-corrected chi connectivity index (χ4v) is 3.24. The third kappa shape index (κ3) is 2.84. The Morgan fingerprint density at radius 3 is 2.62 bits per heavy atom. The largest absolute Gasteiger partial charge is 0.298 e. The number of rotatable bonds is 6. The Morgan fingerprint density at radius 1 is 1.17 bits per heavy atom. The Kier molecular flexibility index (Phi) is 4.74. The van der Waals surface area contributed by atoms with Gasteiger partial charge in [-0.25, -0.2) is 4.98 Å². The maximum atomic E-state index is 12.9. The number of benzene rings is 2. The van der Waals surface area contributed by atoms with Gasteiger partial charge >= 0.3 is 0 Å². The first-order valence-electron chi connectivity index (χ1n) is 8.55. The fraction of sp³-hybridized carbons (Fsp3) is 0.350. The van der Waals surface area contributed by atoms with Crippen LogP contribution in [0.5, 0.6) is 0 Å². The summed E-state index contributed by atoms with van der Waals surface area (Å²) in [5.74, 6) is 0. The molecule has 0 saturated heterocycles. The predicted octanol–water partition coefficient (Wildman–Crippen LogP) is 4.50. The molecule has 24 heavy (non-hydrogen) atoms. The zero-order valence-electron chi connectivity index (χ0n) is 14.2. The molecule has 3 rings (SSSR count). The highest BCUT2D eigenvalue weighted by Crippen LogP contribution is 2.25. The van der Waals surface area contributed by atoms with E-state index >= 15 is 0 Å². The Morgan fingerprint density at radius 2 is 1.92 bits per heavy atom. The molecule has 2 aromatic carbocycles. The van der Waals surface area contributed by atoms with Gasteiger partial charge in [0.2, 0.25) is 0 Å². The van der Waals surface area contributed by atoms with Crippen LogP contribution in [0.25, 0.3) is 21.7 Å². The summed E-state index contributed by atoms with van der Waals surface area (Å²) in [5, 5.41) is 2.20. The second-order valence-electron chi connectivity index (χ2n) is 6.33. The van der Waals surface area contributed by atoms with Gasteiger partial charge in [0.25, 0.3) is 5.56 Å². The number of hydrogen-bond donors (Lipinski definition) is 0. The van der Waals surface area contributed by atoms with Crippen LogP contribution in [0.1, 0.15) is 55.9 Å². The molecule has 124 valence electrons. The molecule has 1 heterocycles. The standard InChI is InChI=1S/C20H22N2O2/c1-3-4-5-8-14(2)22-13-21-19-17-10-7-6-9-16(17)15(12-23)11-18(19)20(22)24/h6-7,9-14H,3-5,8H2,1-2H3/t14-/m0/s1. The lowest BCUT2D eigenvalue weighted by Gasteiger charge is -2.16. The summed E-state index contributed by atoms with van der Waals surface area (Å²) >= 11 is 0. The van der Waals surface area contributed by atoms with Gasteiger partial charge in [-0.1, -0.05) is 50.5 Å². The molecule has 0 aliphatic rings. The maximum Gasteiger partial charge on any atom is 0.261 e. The minimum Gasteiger partial charge on any atom is -0.298 e. The number of carbonyl (C=O) groups is 1. The molecule has 0 unspecified atom stereocenters. The van der Waals surface area contributed by atoms with Gasteiger partial charge in [-0.3, -0.25) is 14.2 Å². The zero-order chi connectivity index (χ0) is 17.1. The SMILES string of the molecule is CCCCC[C@H](C)n1cnc2c(cc(C=O)c3ccccc32)c1=O. The molecule has 0 spiro atoms. The van der Waals surface area contributed by atoms with E-state index in [2.05, 4.69) is 11.9 Å². The van der Waals surface area contributed by atoms with Gasteiger partial charge in [-0.15, -0.1) is 0 Å². The van der Waals surface area contributed by atoms with Crippen LogP contribution in [0.15, 0.2) is 41.5 Å². The maximum absolute atomic E-state index is 12.9. The Labute approximate surface area is 141 Å². The quantitative estimate of drug-likeness (QED) is 0.381. The molecule has 0 N–H and O–H groups in total. The third-order valence-corrected chi connectivity index (χ3v) is 4.65. The summed E-state index contributed by atoms with van der Waals surface area (Å²) < 4.78 is 1.70. The first-order valence-corrected chi connectivity index (χ1v) is 8.55. The second kappa shape index (κ2) is 6.95. The first-order chi connectivity index (χ1) is 11.7. The van der Waals surface area contributed by atoms with Gasteiger partial charge in [-0.2, -0.15) is 0 Å². The van der Waals surface area contributed by atoms with Crippen molar-refractivity contribution < 1.29 is 4.79 Å². The fourth-order valence-electron chi connectivity index (χ4n) is 3.24. The lowest BCUT2D eigenvalue weighted by atomic mass is 10.0. The number of fused-ring (bicyclic) bond motifs is 3. The number of unbranched alkanes of at least 4 members (excludes halogenated alkanes) is 2. The van der Waals surface area contributed by atoms with Crippen molar-refractivity contribution in [3.05, 3.63) is 52.6 Å². The number of aldehydes is 1. The molecule has 1 aromatic heterocycles. The summed E-state index contributed by atoms with van der Waals surface area (Å²) in [4.78, 5) is 28.9. The average Bonchev–Trinajstić information content (AvgIpc) is 2.61. The van der Waals surface area contributed by atoms with Crippen LogP contribution in [-0.2, 0) is 0 Å². The van der Waals surface area contributed by atoms with Crippen LogP contribution in [-0.4, -0.2) is 15.8 Å². The van der Waals surface area contributed by atoms with E-state index in [9.17, 15) is 9.59 Å². The van der Waals surface area contributed by atoms with E-state index in [1.807, 2.05) is 31.2 Å². The molecule has 0 saturated carbocycles. The van der Waals surface area contributed by atoms with Gasteiger partial charge in [0, 0.05) is 17.0 Å². The van der Waals surface area contributed by atoms with Gasteiger partial charge in [0.1, 0.15) is 0 Å². The molecule has 0 amide bonds. The molecular weight excluding hydrogens is 300 g/mol. The number of nitrogens with zero attached hydrogens (tertiary/aromatic N) is 2. The molecule has 0 radical (unpaired) electrons. The van der Waals surface area contributed by atoms with Crippen molar-refractivity contribution >= 4 is 28.0 Å². The van der Waals surface area contributed by atoms with Crippen LogP contribution in [0.2, 0.25) is 0 Å². The van der Waals surface area contributed by atoms with Gasteiger partial charge in [-0.05, 0) is 24.8 Å². The van der Waals surface area contributed by atoms with Crippen molar-refractivity contribution in [2.45, 2.75) is 45.6 Å². The van der Waals surface area contributed by atoms with E-state index in [1.54, 1.807) is 17.0 Å². The highest BCUT2D eigenvalue weighted by Gasteiger charge is 2.14. The molecule has 4 heteroatoms. The highest BCUT2D eigenvalue weighted by molar-refractivity contribution is 6.11. The molecular formula is C20H22N2O2. The normalized spacial score (nSPS) is 12.6. The van der Waals surface area contributed by atoms with Crippen LogP contribution >= 0.6 is 0 Å². The van der Waals surface area contributed by atoms with E-state index in [4.69, 9.17) is 0 Å². The second-order valence-corrected chi connectivity index (χ2v) is 6.33. The molecule has 1 atom stereocenters. The van der Waals surface area contributed by atoms with Crippen molar-refractivity contribution in [1.29, 1.82) is 0 Å². The lowest BCUT2D eigenvalue weighted by Crippen LogP contribution is -2.24. The topological polar surface area (TPSA) is 52.0 Å². The van der Waals surface area contributed by atoms with Crippen molar-refractivity contribution in [3.63, 3.8) is 0 Å². The number of hydrogen-bond acceptors (Lipinski definition) is 3. The van der Waals surface area contributed by atoms with Gasteiger partial charge < -0.3 is 0 Å². The summed E-state index contributed by atoms with van der Waals surface area (Å²) in [6.45, 7) is 4.22.